The summed E-state index contributed by atoms with van der Waals surface area (Å²) in [5.41, 5.74) is 1.66. The van der Waals surface area contributed by atoms with E-state index in [0.29, 0.717) is 49.6 Å². The molecule has 1 saturated carbocycles. The second-order valence-corrected chi connectivity index (χ2v) is 13.8. The second-order valence-electron chi connectivity index (χ2n) is 11.9. The third-order valence-corrected chi connectivity index (χ3v) is 11.5. The fourth-order valence-electron chi connectivity index (χ4n) is 7.39. The molecule has 0 spiro atoms. The first kappa shape index (κ1) is 24.7. The first-order valence-corrected chi connectivity index (χ1v) is 15.7. The summed E-state index contributed by atoms with van der Waals surface area (Å²) in [6.45, 7) is 2.15. The zero-order valence-electron chi connectivity index (χ0n) is 21.7. The van der Waals surface area contributed by atoms with E-state index >= 15 is 0 Å². The minimum Gasteiger partial charge on any atom is -0.360 e. The summed E-state index contributed by atoms with van der Waals surface area (Å²) in [6.07, 6.45) is 8.34. The summed E-state index contributed by atoms with van der Waals surface area (Å²) in [6, 6.07) is 12.7. The standard InChI is InChI=1S/C28H37N5O4S/c34-28(26-16-27(37-30-26)20-6-7-20)29-21-14-22-8-9-23(15-21)33(22)38(35,36)31-17-24-10-11-25(18-31)32(24)13-12-19-4-2-1-3-5-19/h1-5,16,20-25H,6-15,17-18H2,(H,29,34)/t21?,22-,23+,24?,25?. The molecule has 5 fully saturated rings. The lowest BCUT2D eigenvalue weighted by Gasteiger charge is -2.45. The molecule has 10 heteroatoms. The lowest BCUT2D eigenvalue weighted by Crippen LogP contribution is -2.61. The quantitative estimate of drug-likeness (QED) is 0.554. The number of hydrogen-bond donors (Lipinski definition) is 1. The minimum atomic E-state index is -3.54. The topological polar surface area (TPSA) is 99.0 Å². The van der Waals surface area contributed by atoms with Crippen LogP contribution in [0.5, 0.6) is 0 Å². The van der Waals surface area contributed by atoms with Crippen LogP contribution in [-0.2, 0) is 16.6 Å². The average molecular weight is 540 g/mol. The smallest absolute Gasteiger partial charge is 0.282 e. The number of carbonyl (C=O) groups is 1. The summed E-state index contributed by atoms with van der Waals surface area (Å²) in [7, 11) is -3.54. The van der Waals surface area contributed by atoms with Gasteiger partial charge in [-0.3, -0.25) is 9.69 Å². The van der Waals surface area contributed by atoms with Crippen molar-refractivity contribution < 1.29 is 17.7 Å². The van der Waals surface area contributed by atoms with Crippen molar-refractivity contribution in [3.8, 4) is 0 Å². The van der Waals surface area contributed by atoms with Gasteiger partial charge in [0.05, 0.1) is 0 Å². The summed E-state index contributed by atoms with van der Waals surface area (Å²) in [5.74, 6) is 0.990. The van der Waals surface area contributed by atoms with Gasteiger partial charge in [0.25, 0.3) is 16.1 Å². The molecule has 3 unspecified atom stereocenters. The molecule has 0 radical (unpaired) electrons. The monoisotopic (exact) mass is 539 g/mol. The fraction of sp³-hybridized carbons (Fsp3) is 0.643. The molecule has 2 aromatic rings. The highest BCUT2D eigenvalue weighted by Crippen LogP contribution is 2.42. The van der Waals surface area contributed by atoms with Crippen LogP contribution in [0, 0.1) is 0 Å². The second kappa shape index (κ2) is 9.73. The Balaban J connectivity index is 0.976. The number of benzene rings is 1. The Morgan fingerprint density at radius 2 is 1.61 bits per heavy atom. The summed E-state index contributed by atoms with van der Waals surface area (Å²) >= 11 is 0. The van der Waals surface area contributed by atoms with Crippen molar-refractivity contribution in [2.45, 2.75) is 93.9 Å². The number of amides is 1. The van der Waals surface area contributed by atoms with E-state index < -0.39 is 10.2 Å². The highest BCUT2D eigenvalue weighted by atomic mass is 32.2. The van der Waals surface area contributed by atoms with Gasteiger partial charge in [0.15, 0.2) is 5.69 Å². The van der Waals surface area contributed by atoms with Gasteiger partial charge in [0, 0.05) is 61.8 Å². The van der Waals surface area contributed by atoms with Gasteiger partial charge in [-0.2, -0.15) is 17.0 Å². The molecule has 4 bridgehead atoms. The first-order chi connectivity index (χ1) is 18.5. The van der Waals surface area contributed by atoms with E-state index in [-0.39, 0.29) is 24.0 Å². The summed E-state index contributed by atoms with van der Waals surface area (Å²) < 4.78 is 36.8. The highest BCUT2D eigenvalue weighted by Gasteiger charge is 2.52. The van der Waals surface area contributed by atoms with Crippen LogP contribution in [-0.4, -0.2) is 82.8 Å². The predicted octanol–water partition coefficient (Wildman–Crippen LogP) is 2.91. The molecule has 4 saturated heterocycles. The molecule has 38 heavy (non-hydrogen) atoms. The number of rotatable bonds is 8. The van der Waals surface area contributed by atoms with Crippen LogP contribution in [0.1, 0.15) is 79.1 Å². The Hall–Kier alpha value is -2.27. The maximum Gasteiger partial charge on any atom is 0.282 e. The lowest BCUT2D eigenvalue weighted by atomic mass is 9.99. The number of hydrogen-bond acceptors (Lipinski definition) is 6. The molecule has 7 rings (SSSR count). The van der Waals surface area contributed by atoms with Gasteiger partial charge in [-0.15, -0.1) is 0 Å². The molecular weight excluding hydrogens is 502 g/mol. The van der Waals surface area contributed by atoms with Crippen LogP contribution in [0.25, 0.3) is 0 Å². The van der Waals surface area contributed by atoms with Crippen LogP contribution in [0.15, 0.2) is 40.9 Å². The van der Waals surface area contributed by atoms with E-state index in [1.54, 1.807) is 14.7 Å². The molecule has 1 amide bonds. The number of carbonyl (C=O) groups excluding carboxylic acids is 1. The van der Waals surface area contributed by atoms with E-state index in [4.69, 9.17) is 4.52 Å². The van der Waals surface area contributed by atoms with Crippen molar-refractivity contribution in [2.24, 2.45) is 0 Å². The summed E-state index contributed by atoms with van der Waals surface area (Å²) in [5, 5.41) is 7.08. The number of piperidine rings is 1. The molecular formula is C28H37N5O4S. The fourth-order valence-corrected chi connectivity index (χ4v) is 9.51. The zero-order chi connectivity index (χ0) is 25.9. The molecule has 5 aliphatic rings. The van der Waals surface area contributed by atoms with E-state index in [0.717, 1.165) is 57.3 Å². The third kappa shape index (κ3) is 4.59. The van der Waals surface area contributed by atoms with Crippen molar-refractivity contribution >= 4 is 16.1 Å². The molecule has 1 aromatic carbocycles. The minimum absolute atomic E-state index is 0.0430. The largest absolute Gasteiger partial charge is 0.360 e. The van der Waals surface area contributed by atoms with Gasteiger partial charge in [-0.25, -0.2) is 0 Å². The molecule has 204 valence electrons. The molecule has 1 aromatic heterocycles. The maximum absolute atomic E-state index is 14.0. The van der Waals surface area contributed by atoms with E-state index in [2.05, 4.69) is 39.6 Å². The van der Waals surface area contributed by atoms with Gasteiger partial charge in [-0.1, -0.05) is 35.5 Å². The van der Waals surface area contributed by atoms with Crippen LogP contribution < -0.4 is 5.32 Å². The zero-order valence-corrected chi connectivity index (χ0v) is 22.6. The van der Waals surface area contributed by atoms with E-state index in [1.807, 2.05) is 6.07 Å². The Morgan fingerprint density at radius 1 is 0.947 bits per heavy atom. The van der Waals surface area contributed by atoms with E-state index in [9.17, 15) is 13.2 Å². The SMILES string of the molecule is O=C(NC1C[C@H]2CC[C@@H](C1)N2S(=O)(=O)N1CC2CCC(C1)N2CCc1ccccc1)c1cc(C2CC2)on1. The van der Waals surface area contributed by atoms with Gasteiger partial charge >= 0.3 is 0 Å². The van der Waals surface area contributed by atoms with Crippen molar-refractivity contribution in [3.05, 3.63) is 53.4 Å². The number of nitrogens with zero attached hydrogens (tertiary/aromatic N) is 4. The number of piperazine rings is 1. The molecule has 1 N–H and O–H groups in total. The van der Waals surface area contributed by atoms with Crippen molar-refractivity contribution in [3.63, 3.8) is 0 Å². The Kier molecular flexibility index (Phi) is 6.34. The molecule has 1 aliphatic carbocycles. The Labute approximate surface area is 224 Å². The number of aromatic nitrogens is 1. The average Bonchev–Trinajstić information content (AvgIpc) is 3.50. The van der Waals surface area contributed by atoms with Crippen molar-refractivity contribution in [1.29, 1.82) is 0 Å². The highest BCUT2D eigenvalue weighted by molar-refractivity contribution is 7.86. The summed E-state index contributed by atoms with van der Waals surface area (Å²) in [4.78, 5) is 15.4. The first-order valence-electron chi connectivity index (χ1n) is 14.3. The van der Waals surface area contributed by atoms with Crippen molar-refractivity contribution in [2.75, 3.05) is 19.6 Å². The normalized spacial score (nSPS) is 32.1. The van der Waals surface area contributed by atoms with Crippen LogP contribution >= 0.6 is 0 Å². The molecule has 5 atom stereocenters. The number of fused-ring (bicyclic) bond motifs is 4. The Bertz CT molecular complexity index is 1250. The molecule has 9 nitrogen and oxygen atoms in total. The molecule has 5 heterocycles. The third-order valence-electron chi connectivity index (χ3n) is 9.44. The molecule has 4 aliphatic heterocycles. The Morgan fingerprint density at radius 3 is 2.26 bits per heavy atom. The van der Waals surface area contributed by atoms with Crippen LogP contribution in [0.3, 0.4) is 0 Å². The van der Waals surface area contributed by atoms with E-state index in [1.165, 1.54) is 5.56 Å². The van der Waals surface area contributed by atoms with Crippen LogP contribution in [0.2, 0.25) is 0 Å². The van der Waals surface area contributed by atoms with Gasteiger partial charge in [-0.05, 0) is 63.4 Å². The van der Waals surface area contributed by atoms with Gasteiger partial charge in [0.1, 0.15) is 5.76 Å². The predicted molar refractivity (Wildman–Crippen MR) is 142 cm³/mol. The van der Waals surface area contributed by atoms with Crippen molar-refractivity contribution in [1.82, 2.24) is 24.0 Å². The van der Waals surface area contributed by atoms with Gasteiger partial charge < -0.3 is 9.84 Å². The van der Waals surface area contributed by atoms with Gasteiger partial charge in [0.2, 0.25) is 0 Å². The maximum atomic E-state index is 14.0. The number of nitrogens with one attached hydrogen (secondary N) is 1. The van der Waals surface area contributed by atoms with Crippen LogP contribution in [0.4, 0.5) is 0 Å². The lowest BCUT2D eigenvalue weighted by molar-refractivity contribution is 0.0883.